The van der Waals surface area contributed by atoms with Crippen LogP contribution in [0.25, 0.3) is 5.69 Å². The first-order chi connectivity index (χ1) is 12.9. The molecule has 0 saturated carbocycles. The predicted octanol–water partition coefficient (Wildman–Crippen LogP) is 2.71. The smallest absolute Gasteiger partial charge is 0.288 e. The molecule has 1 N–H and O–H groups in total. The molecule has 3 rings (SSSR count). The molecule has 0 atom stereocenters. The molecular weight excluding hydrogens is 431 g/mol. The van der Waals surface area contributed by atoms with Crippen LogP contribution in [0.15, 0.2) is 28.6 Å². The first-order valence-electron chi connectivity index (χ1n) is 7.67. The van der Waals surface area contributed by atoms with Crippen LogP contribution in [0.4, 0.5) is 9.18 Å². The van der Waals surface area contributed by atoms with Gasteiger partial charge in [-0.1, -0.05) is 34.9 Å². The summed E-state index contributed by atoms with van der Waals surface area (Å²) in [6, 6.07) is 5.80. The van der Waals surface area contributed by atoms with Crippen LogP contribution in [0, 0.1) is 9.77 Å². The zero-order valence-corrected chi connectivity index (χ0v) is 17.0. The molecule has 12 heteroatoms. The van der Waals surface area contributed by atoms with E-state index in [-0.39, 0.29) is 47.5 Å². The lowest BCUT2D eigenvalue weighted by molar-refractivity contribution is -0.125. The van der Waals surface area contributed by atoms with E-state index >= 15 is 0 Å². The minimum absolute atomic E-state index is 0.127. The van der Waals surface area contributed by atoms with E-state index in [9.17, 15) is 18.8 Å². The van der Waals surface area contributed by atoms with Crippen LogP contribution in [0.3, 0.4) is 0 Å². The molecule has 1 aromatic carbocycles. The monoisotopic (exact) mass is 444 g/mol. The van der Waals surface area contributed by atoms with Gasteiger partial charge in [0.25, 0.3) is 5.24 Å². The standard InChI is InChI=1S/C15H13FN4O3S4/c16-9-1-3-10(4-2-9)20-15(24)27-13(18-20)25-7-11(21)17-5-6-19-12(22)8-26-14(19)23/h1-4H,5-8H2,(H,17,21). The third kappa shape index (κ3) is 5.15. The molecule has 0 bridgehead atoms. The Morgan fingerprint density at radius 3 is 2.74 bits per heavy atom. The minimum atomic E-state index is -0.345. The average Bonchev–Trinajstić information content (AvgIpc) is 3.17. The van der Waals surface area contributed by atoms with Crippen molar-refractivity contribution in [1.82, 2.24) is 20.0 Å². The van der Waals surface area contributed by atoms with Crippen LogP contribution in [0.5, 0.6) is 0 Å². The molecule has 0 spiro atoms. The number of rotatable bonds is 7. The summed E-state index contributed by atoms with van der Waals surface area (Å²) < 4.78 is 15.6. The van der Waals surface area contributed by atoms with Gasteiger partial charge >= 0.3 is 0 Å². The molecule has 0 aliphatic carbocycles. The van der Waals surface area contributed by atoms with E-state index < -0.39 is 0 Å². The van der Waals surface area contributed by atoms with E-state index in [2.05, 4.69) is 10.4 Å². The fourth-order valence-electron chi connectivity index (χ4n) is 2.15. The zero-order valence-electron chi connectivity index (χ0n) is 13.7. The molecular formula is C15H13FN4O3S4. The van der Waals surface area contributed by atoms with Crippen LogP contribution in [0.1, 0.15) is 0 Å². The number of imide groups is 1. The number of aromatic nitrogens is 2. The molecule has 1 saturated heterocycles. The molecule has 27 heavy (non-hydrogen) atoms. The number of halogens is 1. The third-order valence-corrected chi connectivity index (χ3v) is 6.65. The number of carbonyl (C=O) groups is 3. The summed E-state index contributed by atoms with van der Waals surface area (Å²) >= 11 is 8.71. The fraction of sp³-hybridized carbons (Fsp3) is 0.267. The SMILES string of the molecule is O=C(CSc1nn(-c2ccc(F)cc2)c(=S)s1)NCCN1C(=O)CSC1=O. The minimum Gasteiger partial charge on any atom is -0.354 e. The Bertz CT molecular complexity index is 912. The van der Waals surface area contributed by atoms with Crippen molar-refractivity contribution in [2.24, 2.45) is 0 Å². The van der Waals surface area contributed by atoms with Crippen LogP contribution < -0.4 is 5.32 Å². The summed E-state index contributed by atoms with van der Waals surface area (Å²) in [5.41, 5.74) is 0.645. The van der Waals surface area contributed by atoms with Gasteiger partial charge in [0, 0.05) is 13.1 Å². The van der Waals surface area contributed by atoms with E-state index in [0.717, 1.165) is 16.7 Å². The van der Waals surface area contributed by atoms with Crippen molar-refractivity contribution in [3.8, 4) is 5.69 Å². The van der Waals surface area contributed by atoms with Crippen molar-refractivity contribution >= 4 is 64.1 Å². The molecule has 142 valence electrons. The fourth-order valence-corrected chi connectivity index (χ4v) is 5.09. The molecule has 2 aromatic rings. The average molecular weight is 445 g/mol. The highest BCUT2D eigenvalue weighted by atomic mass is 32.2. The third-order valence-electron chi connectivity index (χ3n) is 3.43. The highest BCUT2D eigenvalue weighted by molar-refractivity contribution is 8.14. The number of hydrogen-bond donors (Lipinski definition) is 1. The van der Waals surface area contributed by atoms with E-state index in [1.807, 2.05) is 0 Å². The second-order valence-corrected chi connectivity index (χ2v) is 9.03. The van der Waals surface area contributed by atoms with Crippen LogP contribution in [-0.2, 0) is 9.59 Å². The Kier molecular flexibility index (Phi) is 6.63. The molecule has 1 aromatic heterocycles. The number of nitrogens with one attached hydrogen (secondary N) is 1. The van der Waals surface area contributed by atoms with Gasteiger partial charge in [-0.25, -0.2) is 9.07 Å². The van der Waals surface area contributed by atoms with Crippen molar-refractivity contribution in [2.75, 3.05) is 24.6 Å². The van der Waals surface area contributed by atoms with Gasteiger partial charge in [0.05, 0.1) is 17.2 Å². The Labute approximate surface area is 171 Å². The van der Waals surface area contributed by atoms with Crippen LogP contribution >= 0.6 is 47.1 Å². The van der Waals surface area contributed by atoms with Crippen molar-refractivity contribution < 1.29 is 18.8 Å². The van der Waals surface area contributed by atoms with Gasteiger partial charge in [0.1, 0.15) is 5.82 Å². The molecule has 1 fully saturated rings. The number of carbonyl (C=O) groups excluding carboxylic acids is 3. The van der Waals surface area contributed by atoms with Crippen molar-refractivity contribution in [1.29, 1.82) is 0 Å². The summed E-state index contributed by atoms with van der Waals surface area (Å²) in [6.45, 7) is 0.371. The normalized spacial score (nSPS) is 14.0. The van der Waals surface area contributed by atoms with E-state index in [4.69, 9.17) is 12.2 Å². The molecule has 1 aliphatic heterocycles. The molecule has 7 nitrogen and oxygen atoms in total. The van der Waals surface area contributed by atoms with Gasteiger partial charge in [0.2, 0.25) is 11.8 Å². The quantitative estimate of drug-likeness (QED) is 0.519. The second-order valence-electron chi connectivity index (χ2n) is 5.26. The van der Waals surface area contributed by atoms with E-state index in [1.165, 1.54) is 39.9 Å². The lowest BCUT2D eigenvalue weighted by Crippen LogP contribution is -2.38. The maximum Gasteiger partial charge on any atom is 0.288 e. The van der Waals surface area contributed by atoms with Gasteiger partial charge < -0.3 is 5.32 Å². The summed E-state index contributed by atoms with van der Waals surface area (Å²) in [5, 5.41) is 6.72. The lowest BCUT2D eigenvalue weighted by atomic mass is 10.3. The van der Waals surface area contributed by atoms with Crippen molar-refractivity contribution in [2.45, 2.75) is 4.34 Å². The molecule has 0 unspecified atom stereocenters. The summed E-state index contributed by atoms with van der Waals surface area (Å²) in [6.07, 6.45) is 0. The van der Waals surface area contributed by atoms with Gasteiger partial charge in [-0.3, -0.25) is 19.3 Å². The molecule has 3 amide bonds. The molecule has 1 aliphatic rings. The Balaban J connectivity index is 1.48. The lowest BCUT2D eigenvalue weighted by Gasteiger charge is -2.12. The largest absolute Gasteiger partial charge is 0.354 e. The first kappa shape index (κ1) is 20.0. The molecule has 2 heterocycles. The highest BCUT2D eigenvalue weighted by Crippen LogP contribution is 2.24. The summed E-state index contributed by atoms with van der Waals surface area (Å²) in [4.78, 5) is 36.0. The number of benzene rings is 1. The maximum absolute atomic E-state index is 13.0. The Morgan fingerprint density at radius 2 is 2.07 bits per heavy atom. The molecule has 0 radical (unpaired) electrons. The highest BCUT2D eigenvalue weighted by Gasteiger charge is 2.29. The Hall–Kier alpha value is -1.76. The van der Waals surface area contributed by atoms with Crippen LogP contribution in [-0.4, -0.2) is 56.3 Å². The van der Waals surface area contributed by atoms with Crippen molar-refractivity contribution in [3.05, 3.63) is 34.0 Å². The summed E-state index contributed by atoms with van der Waals surface area (Å²) in [7, 11) is 0. The van der Waals surface area contributed by atoms with E-state index in [1.54, 1.807) is 12.1 Å². The Morgan fingerprint density at radius 1 is 1.33 bits per heavy atom. The van der Waals surface area contributed by atoms with Gasteiger partial charge in [0.15, 0.2) is 8.29 Å². The number of nitrogens with zero attached hydrogens (tertiary/aromatic N) is 3. The summed E-state index contributed by atoms with van der Waals surface area (Å²) in [5.74, 6) is -0.532. The number of thioether (sulfide) groups is 2. The number of hydrogen-bond acceptors (Lipinski definition) is 8. The van der Waals surface area contributed by atoms with Gasteiger partial charge in [-0.2, -0.15) is 0 Å². The van der Waals surface area contributed by atoms with E-state index in [0.29, 0.717) is 14.0 Å². The maximum atomic E-state index is 13.0. The van der Waals surface area contributed by atoms with Gasteiger partial charge in [-0.15, -0.1) is 5.10 Å². The van der Waals surface area contributed by atoms with Gasteiger partial charge in [-0.05, 0) is 36.5 Å². The predicted molar refractivity (Wildman–Crippen MR) is 106 cm³/mol. The topological polar surface area (TPSA) is 84.3 Å². The second kappa shape index (κ2) is 8.95. The first-order valence-corrected chi connectivity index (χ1v) is 10.9. The zero-order chi connectivity index (χ0) is 19.4. The number of amides is 3. The van der Waals surface area contributed by atoms with Crippen molar-refractivity contribution in [3.63, 3.8) is 0 Å². The van der Waals surface area contributed by atoms with Crippen LogP contribution in [0.2, 0.25) is 0 Å².